The lowest BCUT2D eigenvalue weighted by Crippen LogP contribution is -2.48. The lowest BCUT2D eigenvalue weighted by Gasteiger charge is -2.35. The molecule has 0 spiro atoms. The largest absolute Gasteiger partial charge is 0.367 e. The molecule has 2 aliphatic heterocycles. The van der Waals surface area contributed by atoms with Gasteiger partial charge >= 0.3 is 0 Å². The third-order valence-electron chi connectivity index (χ3n) is 5.10. The number of benzene rings is 2. The number of nitrogens with one attached hydrogen (secondary N) is 1. The van der Waals surface area contributed by atoms with Crippen molar-refractivity contribution in [1.82, 2.24) is 4.31 Å². The molecule has 1 fully saturated rings. The zero-order valence-corrected chi connectivity index (χ0v) is 17.6. The van der Waals surface area contributed by atoms with Crippen LogP contribution in [0.1, 0.15) is 13.3 Å². The summed E-state index contributed by atoms with van der Waals surface area (Å²) in [6.45, 7) is 3.33. The molecule has 2 aromatic carbocycles. The summed E-state index contributed by atoms with van der Waals surface area (Å²) in [7, 11) is -3.70. The lowest BCUT2D eigenvalue weighted by atomic mass is 10.2. The first-order valence-corrected chi connectivity index (χ1v) is 11.8. The summed E-state index contributed by atoms with van der Waals surface area (Å²) in [5, 5.41) is 2.94. The standard InChI is InChI=1S/C20H22FN3O3S2/c1-14-12-20(25)22-17-13-15(6-7-19(17)28-14)29(26,27)24-10-8-23(9-11-24)18-5-3-2-4-16(18)21/h2-7,13-14H,8-12H2,1H3,(H,22,25)/t14-/m1/s1. The normalized spacial score (nSPS) is 20.7. The first-order valence-electron chi connectivity index (χ1n) is 9.45. The highest BCUT2D eigenvalue weighted by atomic mass is 32.2. The molecule has 29 heavy (non-hydrogen) atoms. The smallest absolute Gasteiger partial charge is 0.243 e. The number of rotatable bonds is 3. The average Bonchev–Trinajstić information content (AvgIpc) is 2.84. The van der Waals surface area contributed by atoms with Crippen molar-refractivity contribution in [2.24, 2.45) is 0 Å². The number of piperazine rings is 1. The van der Waals surface area contributed by atoms with E-state index in [2.05, 4.69) is 5.32 Å². The van der Waals surface area contributed by atoms with Gasteiger partial charge in [-0.05, 0) is 30.3 Å². The summed E-state index contributed by atoms with van der Waals surface area (Å²) in [5.41, 5.74) is 1.03. The van der Waals surface area contributed by atoms with E-state index in [1.54, 1.807) is 42.1 Å². The number of thioether (sulfide) groups is 1. The molecule has 6 nitrogen and oxygen atoms in total. The van der Waals surface area contributed by atoms with Gasteiger partial charge in [0, 0.05) is 42.7 Å². The van der Waals surface area contributed by atoms with E-state index >= 15 is 0 Å². The van der Waals surface area contributed by atoms with Crippen LogP contribution >= 0.6 is 11.8 Å². The molecule has 0 radical (unpaired) electrons. The molecule has 1 atom stereocenters. The van der Waals surface area contributed by atoms with E-state index in [9.17, 15) is 17.6 Å². The van der Waals surface area contributed by atoms with Crippen molar-refractivity contribution in [2.75, 3.05) is 36.4 Å². The van der Waals surface area contributed by atoms with E-state index in [1.807, 2.05) is 11.8 Å². The number of fused-ring (bicyclic) bond motifs is 1. The average molecular weight is 436 g/mol. The Morgan fingerprint density at radius 1 is 1.10 bits per heavy atom. The molecule has 0 unspecified atom stereocenters. The third-order valence-corrected chi connectivity index (χ3v) is 8.17. The van der Waals surface area contributed by atoms with Gasteiger partial charge < -0.3 is 10.2 Å². The second-order valence-electron chi connectivity index (χ2n) is 7.18. The molecule has 1 saturated heterocycles. The molecule has 0 saturated carbocycles. The van der Waals surface area contributed by atoms with Crippen LogP contribution in [0.25, 0.3) is 0 Å². The minimum atomic E-state index is -3.70. The molecule has 0 aromatic heterocycles. The van der Waals surface area contributed by atoms with E-state index < -0.39 is 10.0 Å². The van der Waals surface area contributed by atoms with Crippen molar-refractivity contribution in [3.8, 4) is 0 Å². The summed E-state index contributed by atoms with van der Waals surface area (Å²) in [4.78, 5) is 14.9. The molecular formula is C20H22FN3O3S2. The van der Waals surface area contributed by atoms with Crippen molar-refractivity contribution < 1.29 is 17.6 Å². The highest BCUT2D eigenvalue weighted by Crippen LogP contribution is 2.36. The number of carbonyl (C=O) groups excluding carboxylic acids is 1. The maximum absolute atomic E-state index is 14.0. The van der Waals surface area contributed by atoms with Crippen molar-refractivity contribution in [1.29, 1.82) is 0 Å². The zero-order valence-electron chi connectivity index (χ0n) is 16.0. The van der Waals surface area contributed by atoms with Crippen LogP contribution in [-0.4, -0.2) is 50.1 Å². The third kappa shape index (κ3) is 4.12. The molecule has 0 bridgehead atoms. The van der Waals surface area contributed by atoms with E-state index in [1.165, 1.54) is 16.4 Å². The summed E-state index contributed by atoms with van der Waals surface area (Å²) >= 11 is 1.56. The predicted octanol–water partition coefficient (Wildman–Crippen LogP) is 3.16. The Morgan fingerprint density at radius 2 is 1.83 bits per heavy atom. The Hall–Kier alpha value is -2.10. The fourth-order valence-electron chi connectivity index (χ4n) is 3.62. The maximum atomic E-state index is 14.0. The quantitative estimate of drug-likeness (QED) is 0.802. The van der Waals surface area contributed by atoms with E-state index in [0.717, 1.165) is 4.90 Å². The topological polar surface area (TPSA) is 69.7 Å². The van der Waals surface area contributed by atoms with Crippen LogP contribution in [0, 0.1) is 5.82 Å². The van der Waals surface area contributed by atoms with Gasteiger partial charge in [0.15, 0.2) is 0 Å². The Morgan fingerprint density at radius 3 is 2.55 bits per heavy atom. The van der Waals surface area contributed by atoms with Gasteiger partial charge in [-0.2, -0.15) is 4.31 Å². The number of para-hydroxylation sites is 1. The lowest BCUT2D eigenvalue weighted by molar-refractivity contribution is -0.116. The van der Waals surface area contributed by atoms with Gasteiger partial charge in [0.25, 0.3) is 0 Å². The molecular weight excluding hydrogens is 413 g/mol. The van der Waals surface area contributed by atoms with Crippen molar-refractivity contribution >= 4 is 39.1 Å². The molecule has 9 heteroatoms. The highest BCUT2D eigenvalue weighted by molar-refractivity contribution is 8.00. The first kappa shape index (κ1) is 20.2. The number of halogens is 1. The molecule has 2 aliphatic rings. The zero-order chi connectivity index (χ0) is 20.6. The number of sulfonamides is 1. The van der Waals surface area contributed by atoms with Gasteiger partial charge in [0.1, 0.15) is 5.82 Å². The number of anilines is 2. The van der Waals surface area contributed by atoms with Gasteiger partial charge in [-0.1, -0.05) is 19.1 Å². The number of hydrogen-bond donors (Lipinski definition) is 1. The highest BCUT2D eigenvalue weighted by Gasteiger charge is 2.30. The van der Waals surface area contributed by atoms with Crippen LogP contribution in [0.5, 0.6) is 0 Å². The van der Waals surface area contributed by atoms with E-state index in [-0.39, 0.29) is 35.0 Å². The second-order valence-corrected chi connectivity index (χ2v) is 10.6. The Bertz CT molecular complexity index is 1040. The van der Waals surface area contributed by atoms with Crippen molar-refractivity contribution in [3.05, 3.63) is 48.3 Å². The Kier molecular flexibility index (Phi) is 5.54. The van der Waals surface area contributed by atoms with E-state index in [4.69, 9.17) is 0 Å². The summed E-state index contributed by atoms with van der Waals surface area (Å²) in [6.07, 6.45) is 0.388. The molecule has 1 N–H and O–H groups in total. The number of carbonyl (C=O) groups is 1. The summed E-state index contributed by atoms with van der Waals surface area (Å²) in [6, 6.07) is 11.4. The van der Waals surface area contributed by atoms with E-state index in [0.29, 0.717) is 30.9 Å². The molecule has 2 aromatic rings. The second kappa shape index (κ2) is 7.97. The number of amides is 1. The van der Waals surface area contributed by atoms with Gasteiger partial charge in [-0.25, -0.2) is 12.8 Å². The van der Waals surface area contributed by atoms with Crippen LogP contribution in [0.4, 0.5) is 15.8 Å². The van der Waals surface area contributed by atoms with Crippen LogP contribution in [-0.2, 0) is 14.8 Å². The monoisotopic (exact) mass is 435 g/mol. The summed E-state index contributed by atoms with van der Waals surface area (Å²) < 4.78 is 41.7. The van der Waals surface area contributed by atoms with Gasteiger partial charge in [0.05, 0.1) is 16.3 Å². The minimum Gasteiger partial charge on any atom is -0.367 e. The van der Waals surface area contributed by atoms with Crippen molar-refractivity contribution in [2.45, 2.75) is 28.4 Å². The maximum Gasteiger partial charge on any atom is 0.243 e. The Labute approximate surface area is 174 Å². The molecule has 0 aliphatic carbocycles. The molecule has 154 valence electrons. The fourth-order valence-corrected chi connectivity index (χ4v) is 6.12. The fraction of sp³-hybridized carbons (Fsp3) is 0.350. The predicted molar refractivity (Wildman–Crippen MR) is 112 cm³/mol. The molecule has 4 rings (SSSR count). The van der Waals surface area contributed by atoms with Crippen LogP contribution in [0.3, 0.4) is 0 Å². The molecule has 1 amide bonds. The SMILES string of the molecule is C[C@@H]1CC(=O)Nc2cc(S(=O)(=O)N3CCN(c4ccccc4F)CC3)ccc2S1. The Balaban J connectivity index is 1.53. The summed E-state index contributed by atoms with van der Waals surface area (Å²) in [5.74, 6) is -0.422. The van der Waals surface area contributed by atoms with Crippen LogP contribution < -0.4 is 10.2 Å². The van der Waals surface area contributed by atoms with Gasteiger partial charge in [-0.15, -0.1) is 11.8 Å². The molecule has 2 heterocycles. The first-order chi connectivity index (χ1) is 13.8. The minimum absolute atomic E-state index is 0.114. The van der Waals surface area contributed by atoms with Gasteiger partial charge in [0.2, 0.25) is 15.9 Å². The number of hydrogen-bond acceptors (Lipinski definition) is 5. The van der Waals surface area contributed by atoms with Gasteiger partial charge in [-0.3, -0.25) is 4.79 Å². The van der Waals surface area contributed by atoms with Crippen molar-refractivity contribution in [3.63, 3.8) is 0 Å². The number of nitrogens with zero attached hydrogens (tertiary/aromatic N) is 2. The van der Waals surface area contributed by atoms with Crippen LogP contribution in [0.15, 0.2) is 52.3 Å². The van der Waals surface area contributed by atoms with Crippen LogP contribution in [0.2, 0.25) is 0 Å².